The number of amides is 2. The molecule has 178 valence electrons. The number of benzene rings is 2. The van der Waals surface area contributed by atoms with Crippen LogP contribution in [0.4, 0.5) is 4.79 Å². The van der Waals surface area contributed by atoms with Crippen molar-refractivity contribution in [3.05, 3.63) is 59.7 Å². The highest BCUT2D eigenvalue weighted by atomic mass is 16.5. The Labute approximate surface area is 199 Å². The summed E-state index contributed by atoms with van der Waals surface area (Å²) < 4.78 is 5.56. The molecule has 1 unspecified atom stereocenters. The number of aliphatic carboxylic acids is 1. The topological polar surface area (TPSA) is 120 Å². The largest absolute Gasteiger partial charge is 0.481 e. The first-order chi connectivity index (χ1) is 16.4. The minimum Gasteiger partial charge on any atom is -0.481 e. The van der Waals surface area contributed by atoms with E-state index in [1.807, 2.05) is 36.4 Å². The number of nitrogens with zero attached hydrogens (tertiary/aromatic N) is 2. The van der Waals surface area contributed by atoms with Gasteiger partial charge in [0.1, 0.15) is 12.6 Å². The van der Waals surface area contributed by atoms with E-state index in [0.717, 1.165) is 22.3 Å². The van der Waals surface area contributed by atoms with E-state index in [-0.39, 0.29) is 31.4 Å². The minimum absolute atomic E-state index is 0.0369. The van der Waals surface area contributed by atoms with Crippen molar-refractivity contribution in [1.29, 1.82) is 5.26 Å². The highest BCUT2D eigenvalue weighted by Gasteiger charge is 2.30. The van der Waals surface area contributed by atoms with Crippen LogP contribution in [0.1, 0.15) is 49.1 Å². The summed E-state index contributed by atoms with van der Waals surface area (Å²) in [5.41, 5.74) is 4.43. The molecule has 0 fully saturated rings. The van der Waals surface area contributed by atoms with Crippen LogP contribution in [0.3, 0.4) is 0 Å². The Hall–Kier alpha value is -3.86. The summed E-state index contributed by atoms with van der Waals surface area (Å²) >= 11 is 0. The quantitative estimate of drug-likeness (QED) is 0.488. The monoisotopic (exact) mass is 463 g/mol. The summed E-state index contributed by atoms with van der Waals surface area (Å²) in [6.07, 6.45) is 0.982. The van der Waals surface area contributed by atoms with E-state index in [2.05, 4.69) is 23.5 Å². The van der Waals surface area contributed by atoms with Gasteiger partial charge in [0.15, 0.2) is 0 Å². The van der Waals surface area contributed by atoms with Crippen molar-refractivity contribution >= 4 is 18.0 Å². The number of nitrogens with one attached hydrogen (secondary N) is 1. The molecule has 0 heterocycles. The van der Waals surface area contributed by atoms with E-state index < -0.39 is 18.1 Å². The number of hydrogen-bond donors (Lipinski definition) is 2. The fraction of sp³-hybridized carbons (Fsp3) is 0.385. The molecule has 2 aromatic rings. The molecule has 2 aromatic carbocycles. The summed E-state index contributed by atoms with van der Waals surface area (Å²) in [5.74, 6) is -1.48. The first-order valence-corrected chi connectivity index (χ1v) is 11.4. The average molecular weight is 464 g/mol. The number of carboxylic acid groups (broad SMARTS) is 1. The van der Waals surface area contributed by atoms with Crippen LogP contribution < -0.4 is 5.32 Å². The molecule has 1 aliphatic rings. The second-order valence-corrected chi connectivity index (χ2v) is 8.33. The third-order valence-electron chi connectivity index (χ3n) is 6.00. The number of nitriles is 1. The number of ether oxygens (including phenoxy) is 1. The summed E-state index contributed by atoms with van der Waals surface area (Å²) in [7, 11) is 1.51. The molecule has 34 heavy (non-hydrogen) atoms. The maximum atomic E-state index is 12.8. The highest BCUT2D eigenvalue weighted by molar-refractivity contribution is 5.86. The number of carbonyl (C=O) groups excluding carboxylic acids is 2. The summed E-state index contributed by atoms with van der Waals surface area (Å²) in [4.78, 5) is 37.7. The number of hydrogen-bond acceptors (Lipinski definition) is 5. The molecule has 2 amide bonds. The van der Waals surface area contributed by atoms with Crippen LogP contribution in [0.5, 0.6) is 0 Å². The van der Waals surface area contributed by atoms with E-state index in [1.165, 1.54) is 11.9 Å². The van der Waals surface area contributed by atoms with Crippen LogP contribution in [0.25, 0.3) is 11.1 Å². The number of fused-ring (bicyclic) bond motifs is 3. The van der Waals surface area contributed by atoms with Gasteiger partial charge in [-0.05, 0) is 41.5 Å². The minimum atomic E-state index is -1.00. The van der Waals surface area contributed by atoms with Gasteiger partial charge in [-0.25, -0.2) is 4.79 Å². The van der Waals surface area contributed by atoms with Gasteiger partial charge in [-0.2, -0.15) is 5.26 Å². The molecule has 3 rings (SSSR count). The molecular weight excluding hydrogens is 434 g/mol. The Morgan fingerprint density at radius 2 is 1.71 bits per heavy atom. The van der Waals surface area contributed by atoms with Gasteiger partial charge < -0.3 is 20.1 Å². The van der Waals surface area contributed by atoms with Gasteiger partial charge in [0.2, 0.25) is 5.91 Å². The fourth-order valence-electron chi connectivity index (χ4n) is 4.23. The SMILES string of the molecule is CN(CCC(=O)O)C(=O)C(CCCCC#N)NC(=O)OCC1c2ccccc2-c2ccccc21. The van der Waals surface area contributed by atoms with Crippen molar-refractivity contribution in [2.75, 3.05) is 20.2 Å². The first-order valence-electron chi connectivity index (χ1n) is 11.4. The lowest BCUT2D eigenvalue weighted by molar-refractivity contribution is -0.138. The van der Waals surface area contributed by atoms with Crippen LogP contribution in [0, 0.1) is 11.3 Å². The van der Waals surface area contributed by atoms with E-state index in [0.29, 0.717) is 25.7 Å². The van der Waals surface area contributed by atoms with Crippen molar-refractivity contribution < 1.29 is 24.2 Å². The van der Waals surface area contributed by atoms with Crippen molar-refractivity contribution in [1.82, 2.24) is 10.2 Å². The van der Waals surface area contributed by atoms with Crippen LogP contribution >= 0.6 is 0 Å². The van der Waals surface area contributed by atoms with Crippen LogP contribution in [0.15, 0.2) is 48.5 Å². The molecule has 1 atom stereocenters. The second kappa shape index (κ2) is 11.8. The number of alkyl carbamates (subject to hydrolysis) is 1. The Bertz CT molecular complexity index is 1030. The van der Waals surface area contributed by atoms with E-state index >= 15 is 0 Å². The van der Waals surface area contributed by atoms with Gasteiger partial charge in [-0.15, -0.1) is 0 Å². The Morgan fingerprint density at radius 3 is 2.29 bits per heavy atom. The lowest BCUT2D eigenvalue weighted by Crippen LogP contribution is -2.48. The molecule has 0 spiro atoms. The molecule has 8 heteroatoms. The molecule has 0 bridgehead atoms. The summed E-state index contributed by atoms with van der Waals surface area (Å²) in [5, 5.41) is 20.3. The van der Waals surface area contributed by atoms with E-state index in [9.17, 15) is 14.4 Å². The van der Waals surface area contributed by atoms with Crippen molar-refractivity contribution in [2.45, 2.75) is 44.1 Å². The highest BCUT2D eigenvalue weighted by Crippen LogP contribution is 2.44. The third-order valence-corrected chi connectivity index (χ3v) is 6.00. The first kappa shape index (κ1) is 24.8. The number of carbonyl (C=O) groups is 3. The van der Waals surface area contributed by atoms with Gasteiger partial charge >= 0.3 is 12.1 Å². The molecule has 0 saturated heterocycles. The molecule has 0 aliphatic heterocycles. The van der Waals surface area contributed by atoms with Crippen molar-refractivity contribution in [3.63, 3.8) is 0 Å². The number of carboxylic acids is 1. The summed E-state index contributed by atoms with van der Waals surface area (Å²) in [6, 6.07) is 17.3. The van der Waals surface area contributed by atoms with Crippen molar-refractivity contribution in [2.24, 2.45) is 0 Å². The van der Waals surface area contributed by atoms with E-state index in [1.54, 1.807) is 0 Å². The smallest absolute Gasteiger partial charge is 0.407 e. The number of likely N-dealkylation sites (N-methyl/N-ethyl adjacent to an activating group) is 1. The normalized spacial score (nSPS) is 12.7. The molecule has 8 nitrogen and oxygen atoms in total. The zero-order valence-corrected chi connectivity index (χ0v) is 19.2. The lowest BCUT2D eigenvalue weighted by Gasteiger charge is -2.24. The average Bonchev–Trinajstić information content (AvgIpc) is 3.16. The summed E-state index contributed by atoms with van der Waals surface area (Å²) in [6.45, 7) is 0.166. The maximum absolute atomic E-state index is 12.8. The zero-order chi connectivity index (χ0) is 24.5. The second-order valence-electron chi connectivity index (χ2n) is 8.33. The van der Waals surface area contributed by atoms with Crippen LogP contribution in [-0.2, 0) is 14.3 Å². The molecule has 2 N–H and O–H groups in total. The predicted octanol–water partition coefficient (Wildman–Crippen LogP) is 3.91. The number of unbranched alkanes of at least 4 members (excludes halogenated alkanes) is 2. The number of rotatable bonds is 11. The Kier molecular flexibility index (Phi) is 8.63. The Morgan fingerprint density at radius 1 is 1.09 bits per heavy atom. The van der Waals surface area contributed by atoms with E-state index in [4.69, 9.17) is 15.1 Å². The van der Waals surface area contributed by atoms with Crippen LogP contribution in [-0.4, -0.2) is 54.2 Å². The standard InChI is InChI=1S/C26H29N3O5/c1-29(16-14-24(30)31)25(32)23(13-3-2-8-15-27)28-26(33)34-17-22-20-11-6-4-9-18(20)19-10-5-7-12-21(19)22/h4-7,9-12,22-23H,2-3,8,13-14,16-17H2,1H3,(H,28,33)(H,30,31). The Balaban J connectivity index is 1.64. The fourth-order valence-corrected chi connectivity index (χ4v) is 4.23. The maximum Gasteiger partial charge on any atom is 0.407 e. The van der Waals surface area contributed by atoms with Gasteiger partial charge in [-0.3, -0.25) is 9.59 Å². The van der Waals surface area contributed by atoms with Gasteiger partial charge in [0, 0.05) is 25.9 Å². The molecular formula is C26H29N3O5. The third kappa shape index (κ3) is 6.13. The van der Waals surface area contributed by atoms with Gasteiger partial charge in [0.05, 0.1) is 12.5 Å². The lowest BCUT2D eigenvalue weighted by atomic mass is 9.98. The molecule has 0 saturated carbocycles. The predicted molar refractivity (Wildman–Crippen MR) is 126 cm³/mol. The van der Waals surface area contributed by atoms with Gasteiger partial charge in [0.25, 0.3) is 0 Å². The van der Waals surface area contributed by atoms with Crippen molar-refractivity contribution in [3.8, 4) is 17.2 Å². The molecule has 0 radical (unpaired) electrons. The van der Waals surface area contributed by atoms with Gasteiger partial charge in [-0.1, -0.05) is 48.5 Å². The molecule has 0 aromatic heterocycles. The zero-order valence-electron chi connectivity index (χ0n) is 19.2. The van der Waals surface area contributed by atoms with Crippen LogP contribution in [0.2, 0.25) is 0 Å². The molecule has 1 aliphatic carbocycles.